The third-order valence-corrected chi connectivity index (χ3v) is 7.65. The molecule has 6 aromatic rings. The molecule has 1 aromatic carbocycles. The number of benzene rings is 1. The number of nitrogens with one attached hydrogen (secondary N) is 3. The predicted octanol–water partition coefficient (Wildman–Crippen LogP) is 6.51. The molecule has 1 fully saturated rings. The Morgan fingerprint density at radius 1 is 0.976 bits per heavy atom. The summed E-state index contributed by atoms with van der Waals surface area (Å²) in [5.74, 6) is 0.154. The fourth-order valence-electron chi connectivity index (χ4n) is 5.57. The summed E-state index contributed by atoms with van der Waals surface area (Å²) in [5, 5.41) is 11.5. The molecular formula is C31H26FN7O2. The van der Waals surface area contributed by atoms with Crippen LogP contribution in [0.5, 0.6) is 5.75 Å². The monoisotopic (exact) mass is 547 g/mol. The van der Waals surface area contributed by atoms with Gasteiger partial charge in [0.05, 0.1) is 47.6 Å². The Balaban J connectivity index is 1.25. The number of hydrogen-bond acceptors (Lipinski definition) is 6. The van der Waals surface area contributed by atoms with Gasteiger partial charge in [0, 0.05) is 40.9 Å². The van der Waals surface area contributed by atoms with Crippen LogP contribution in [-0.2, 0) is 4.79 Å². The molecule has 3 N–H and O–H groups in total. The maximum absolute atomic E-state index is 14.3. The van der Waals surface area contributed by atoms with E-state index in [1.807, 2.05) is 24.3 Å². The van der Waals surface area contributed by atoms with Crippen molar-refractivity contribution < 1.29 is 13.9 Å². The number of fused-ring (bicyclic) bond motifs is 2. The Labute approximate surface area is 234 Å². The van der Waals surface area contributed by atoms with Crippen LogP contribution >= 0.6 is 0 Å². The minimum absolute atomic E-state index is 0.0475. The molecule has 1 amide bonds. The fourth-order valence-corrected chi connectivity index (χ4v) is 5.57. The molecule has 1 aliphatic carbocycles. The summed E-state index contributed by atoms with van der Waals surface area (Å²) in [7, 11) is 1.51. The van der Waals surface area contributed by atoms with Crippen LogP contribution in [0.1, 0.15) is 25.7 Å². The predicted molar refractivity (Wildman–Crippen MR) is 155 cm³/mol. The molecule has 0 spiro atoms. The van der Waals surface area contributed by atoms with Crippen LogP contribution in [0.2, 0.25) is 0 Å². The van der Waals surface area contributed by atoms with Crippen LogP contribution in [0, 0.1) is 11.7 Å². The average Bonchev–Trinajstić information content (AvgIpc) is 3.76. The maximum Gasteiger partial charge on any atom is 0.227 e. The lowest BCUT2D eigenvalue weighted by atomic mass is 10.0. The quantitative estimate of drug-likeness (QED) is 0.219. The molecule has 1 aliphatic rings. The molecular weight excluding hydrogens is 521 g/mol. The number of carbonyl (C=O) groups is 1. The molecule has 0 bridgehead atoms. The molecule has 0 saturated heterocycles. The summed E-state index contributed by atoms with van der Waals surface area (Å²) in [6.45, 7) is 0. The van der Waals surface area contributed by atoms with E-state index in [1.165, 1.54) is 19.2 Å². The minimum Gasteiger partial charge on any atom is -0.497 e. The van der Waals surface area contributed by atoms with E-state index in [4.69, 9.17) is 9.72 Å². The topological polar surface area (TPSA) is 121 Å². The van der Waals surface area contributed by atoms with Crippen LogP contribution in [0.25, 0.3) is 55.7 Å². The normalized spacial score (nSPS) is 13.7. The van der Waals surface area contributed by atoms with Crippen molar-refractivity contribution in [1.82, 2.24) is 30.1 Å². The summed E-state index contributed by atoms with van der Waals surface area (Å²) in [4.78, 5) is 29.7. The number of aromatic amines is 2. The number of rotatable bonds is 6. The number of ether oxygens (including phenoxy) is 1. The van der Waals surface area contributed by atoms with Gasteiger partial charge in [-0.1, -0.05) is 12.8 Å². The fraction of sp³-hybridized carbons (Fsp3) is 0.194. The van der Waals surface area contributed by atoms with Gasteiger partial charge in [-0.25, -0.2) is 9.37 Å². The second-order valence-corrected chi connectivity index (χ2v) is 10.3. The van der Waals surface area contributed by atoms with E-state index >= 15 is 0 Å². The Morgan fingerprint density at radius 2 is 1.83 bits per heavy atom. The van der Waals surface area contributed by atoms with Crippen molar-refractivity contribution in [3.8, 4) is 39.5 Å². The van der Waals surface area contributed by atoms with Crippen molar-refractivity contribution in [3.05, 3.63) is 73.1 Å². The lowest BCUT2D eigenvalue weighted by Crippen LogP contribution is -2.20. The van der Waals surface area contributed by atoms with Crippen molar-refractivity contribution >= 4 is 33.5 Å². The van der Waals surface area contributed by atoms with Gasteiger partial charge < -0.3 is 15.0 Å². The molecule has 7 rings (SSSR count). The Morgan fingerprint density at radius 3 is 2.68 bits per heavy atom. The number of H-pyrrole nitrogens is 2. The zero-order valence-electron chi connectivity index (χ0n) is 22.2. The molecule has 0 aliphatic heterocycles. The van der Waals surface area contributed by atoms with Crippen LogP contribution < -0.4 is 10.1 Å². The highest BCUT2D eigenvalue weighted by Gasteiger charge is 2.23. The van der Waals surface area contributed by atoms with E-state index in [0.29, 0.717) is 33.9 Å². The van der Waals surface area contributed by atoms with Crippen LogP contribution in [0.4, 0.5) is 10.1 Å². The van der Waals surface area contributed by atoms with E-state index in [9.17, 15) is 9.18 Å². The Kier molecular flexibility index (Phi) is 6.15. The zero-order valence-corrected chi connectivity index (χ0v) is 22.2. The van der Waals surface area contributed by atoms with Gasteiger partial charge in [0.15, 0.2) is 0 Å². The van der Waals surface area contributed by atoms with Gasteiger partial charge in [0.2, 0.25) is 5.91 Å². The number of pyridine rings is 3. The maximum atomic E-state index is 14.3. The lowest BCUT2D eigenvalue weighted by molar-refractivity contribution is -0.119. The second-order valence-electron chi connectivity index (χ2n) is 10.3. The third kappa shape index (κ3) is 4.67. The summed E-state index contributed by atoms with van der Waals surface area (Å²) >= 11 is 0. The van der Waals surface area contributed by atoms with Gasteiger partial charge in [-0.3, -0.25) is 19.9 Å². The molecule has 204 valence electrons. The number of aromatic nitrogens is 6. The van der Waals surface area contributed by atoms with Crippen molar-refractivity contribution in [2.45, 2.75) is 25.7 Å². The SMILES string of the molecule is COc1cc(F)cc(-c2cncc3[nH]c(-c4n[nH]c5ccc(-c6cncc(NC(=O)C7CCCC7)c6)nc45)cc23)c1. The van der Waals surface area contributed by atoms with Gasteiger partial charge >= 0.3 is 0 Å². The number of amides is 1. The first kappa shape index (κ1) is 24.9. The molecule has 41 heavy (non-hydrogen) atoms. The van der Waals surface area contributed by atoms with E-state index in [0.717, 1.165) is 58.9 Å². The summed E-state index contributed by atoms with van der Waals surface area (Å²) < 4.78 is 19.5. The Bertz CT molecular complexity index is 1920. The van der Waals surface area contributed by atoms with E-state index < -0.39 is 5.82 Å². The molecule has 5 heterocycles. The van der Waals surface area contributed by atoms with Gasteiger partial charge in [-0.05, 0) is 54.8 Å². The molecule has 0 radical (unpaired) electrons. The Hall–Kier alpha value is -5.12. The molecule has 0 atom stereocenters. The highest BCUT2D eigenvalue weighted by molar-refractivity contribution is 6.00. The lowest BCUT2D eigenvalue weighted by Gasteiger charge is -2.11. The molecule has 0 unspecified atom stereocenters. The van der Waals surface area contributed by atoms with Crippen LogP contribution in [0.3, 0.4) is 0 Å². The van der Waals surface area contributed by atoms with Crippen LogP contribution in [0.15, 0.2) is 67.3 Å². The summed E-state index contributed by atoms with van der Waals surface area (Å²) in [6.07, 6.45) is 10.9. The smallest absolute Gasteiger partial charge is 0.227 e. The first-order valence-electron chi connectivity index (χ1n) is 13.5. The number of carbonyl (C=O) groups excluding carboxylic acids is 1. The van der Waals surface area contributed by atoms with Gasteiger partial charge in [0.25, 0.3) is 0 Å². The largest absolute Gasteiger partial charge is 0.497 e. The van der Waals surface area contributed by atoms with E-state index in [-0.39, 0.29) is 11.8 Å². The number of halogens is 1. The summed E-state index contributed by atoms with van der Waals surface area (Å²) in [6, 6.07) is 12.3. The van der Waals surface area contributed by atoms with Crippen molar-refractivity contribution in [1.29, 1.82) is 0 Å². The van der Waals surface area contributed by atoms with Gasteiger partial charge in [0.1, 0.15) is 22.8 Å². The number of methoxy groups -OCH3 is 1. The standard InChI is InChI=1S/C31H26FN7O2/c1-41-22-10-18(8-20(32)11-22)24-15-34-16-28-23(24)12-27(36-28)30-29-26(38-39-30)7-6-25(37-29)19-9-21(14-33-13-19)35-31(40)17-4-2-3-5-17/h6-17,36H,2-5H2,1H3,(H,35,40)(H,38,39). The molecule has 5 aromatic heterocycles. The van der Waals surface area contributed by atoms with Crippen molar-refractivity contribution in [3.63, 3.8) is 0 Å². The van der Waals surface area contributed by atoms with Crippen molar-refractivity contribution in [2.24, 2.45) is 5.92 Å². The number of nitrogens with zero attached hydrogens (tertiary/aromatic N) is 4. The second kappa shape index (κ2) is 10.1. The average molecular weight is 548 g/mol. The number of hydrogen-bond donors (Lipinski definition) is 3. The highest BCUT2D eigenvalue weighted by Crippen LogP contribution is 2.35. The van der Waals surface area contributed by atoms with E-state index in [2.05, 4.69) is 30.5 Å². The zero-order chi connectivity index (χ0) is 27.9. The van der Waals surface area contributed by atoms with Crippen molar-refractivity contribution in [2.75, 3.05) is 12.4 Å². The molecule has 9 nitrogen and oxygen atoms in total. The highest BCUT2D eigenvalue weighted by atomic mass is 19.1. The minimum atomic E-state index is -0.390. The number of anilines is 1. The third-order valence-electron chi connectivity index (χ3n) is 7.65. The van der Waals surface area contributed by atoms with E-state index in [1.54, 1.807) is 30.9 Å². The first-order valence-corrected chi connectivity index (χ1v) is 13.5. The first-order chi connectivity index (χ1) is 20.1. The van der Waals surface area contributed by atoms with Gasteiger partial charge in [-0.15, -0.1) is 0 Å². The molecule has 1 saturated carbocycles. The molecule has 10 heteroatoms. The van der Waals surface area contributed by atoms with Gasteiger partial charge in [-0.2, -0.15) is 5.10 Å². The summed E-state index contributed by atoms with van der Waals surface area (Å²) in [5.41, 5.74) is 7.17. The van der Waals surface area contributed by atoms with Crippen LogP contribution in [-0.4, -0.2) is 43.2 Å².